The third kappa shape index (κ3) is 2.95. The number of hydrogen-bond acceptors (Lipinski definition) is 4. The predicted octanol–water partition coefficient (Wildman–Crippen LogP) is 2.20. The van der Waals surface area contributed by atoms with Crippen LogP contribution in [0.15, 0.2) is 18.5 Å². The lowest BCUT2D eigenvalue weighted by Crippen LogP contribution is -2.18. The Morgan fingerprint density at radius 2 is 2.50 bits per heavy atom. The molecule has 1 N–H and O–H groups in total. The minimum Gasteiger partial charge on any atom is -0.376 e. The van der Waals surface area contributed by atoms with Gasteiger partial charge in [0.1, 0.15) is 11.9 Å². The van der Waals surface area contributed by atoms with Crippen molar-refractivity contribution < 1.29 is 4.92 Å². The standard InChI is InChI=1S/C11H13N3O2/c1-3-5-9(4-2)13-10-6-7-12-8-11(10)14(15)16/h1,6-9H,4-5H2,2H3,(H,12,13). The molecule has 0 aliphatic heterocycles. The molecule has 84 valence electrons. The van der Waals surface area contributed by atoms with Gasteiger partial charge in [-0.25, -0.2) is 0 Å². The Bertz CT molecular complexity index is 412. The van der Waals surface area contributed by atoms with E-state index in [4.69, 9.17) is 6.42 Å². The average molecular weight is 219 g/mol. The molecule has 0 aromatic carbocycles. The Balaban J connectivity index is 2.87. The molecule has 0 saturated carbocycles. The summed E-state index contributed by atoms with van der Waals surface area (Å²) in [6.45, 7) is 1.97. The number of aromatic nitrogens is 1. The van der Waals surface area contributed by atoms with Gasteiger partial charge in [0, 0.05) is 18.7 Å². The van der Waals surface area contributed by atoms with E-state index in [1.54, 1.807) is 6.07 Å². The maximum Gasteiger partial charge on any atom is 0.310 e. The molecule has 0 fully saturated rings. The van der Waals surface area contributed by atoms with Gasteiger partial charge in [-0.1, -0.05) is 6.92 Å². The minimum atomic E-state index is -0.460. The molecule has 5 nitrogen and oxygen atoms in total. The Morgan fingerprint density at radius 3 is 3.06 bits per heavy atom. The van der Waals surface area contributed by atoms with E-state index < -0.39 is 4.92 Å². The second-order valence-corrected chi connectivity index (χ2v) is 3.31. The zero-order valence-electron chi connectivity index (χ0n) is 9.01. The van der Waals surface area contributed by atoms with Crippen LogP contribution in [0.1, 0.15) is 19.8 Å². The van der Waals surface area contributed by atoms with E-state index in [-0.39, 0.29) is 11.7 Å². The fourth-order valence-corrected chi connectivity index (χ4v) is 1.31. The normalized spacial score (nSPS) is 11.5. The van der Waals surface area contributed by atoms with Crippen molar-refractivity contribution in [3.8, 4) is 12.3 Å². The third-order valence-electron chi connectivity index (χ3n) is 2.21. The molecule has 1 unspecified atom stereocenters. The van der Waals surface area contributed by atoms with E-state index in [1.807, 2.05) is 6.92 Å². The van der Waals surface area contributed by atoms with Crippen molar-refractivity contribution in [1.82, 2.24) is 4.98 Å². The van der Waals surface area contributed by atoms with Crippen LogP contribution in [-0.2, 0) is 0 Å². The van der Waals surface area contributed by atoms with Crippen LogP contribution in [0.5, 0.6) is 0 Å². The molecule has 0 spiro atoms. The van der Waals surface area contributed by atoms with Gasteiger partial charge in [0.15, 0.2) is 0 Å². The average Bonchev–Trinajstić information content (AvgIpc) is 2.29. The van der Waals surface area contributed by atoms with Gasteiger partial charge in [0.05, 0.1) is 4.92 Å². The van der Waals surface area contributed by atoms with Gasteiger partial charge in [0.2, 0.25) is 0 Å². The van der Waals surface area contributed by atoms with Crippen LogP contribution in [0.25, 0.3) is 0 Å². The number of nitrogens with one attached hydrogen (secondary N) is 1. The summed E-state index contributed by atoms with van der Waals surface area (Å²) in [6.07, 6.45) is 9.31. The van der Waals surface area contributed by atoms with Gasteiger partial charge < -0.3 is 5.32 Å². The van der Waals surface area contributed by atoms with Crippen molar-refractivity contribution in [2.24, 2.45) is 0 Å². The zero-order chi connectivity index (χ0) is 12.0. The lowest BCUT2D eigenvalue weighted by atomic mass is 10.1. The molecule has 0 saturated heterocycles. The molecular weight excluding hydrogens is 206 g/mol. The lowest BCUT2D eigenvalue weighted by molar-refractivity contribution is -0.384. The second kappa shape index (κ2) is 5.71. The van der Waals surface area contributed by atoms with E-state index in [9.17, 15) is 10.1 Å². The summed E-state index contributed by atoms with van der Waals surface area (Å²) in [5.41, 5.74) is 0.431. The number of anilines is 1. The minimum absolute atomic E-state index is 0.0297. The first-order chi connectivity index (χ1) is 7.69. The molecule has 1 aromatic heterocycles. The van der Waals surface area contributed by atoms with E-state index in [2.05, 4.69) is 16.2 Å². The zero-order valence-corrected chi connectivity index (χ0v) is 9.01. The van der Waals surface area contributed by atoms with Crippen LogP contribution in [0.3, 0.4) is 0 Å². The summed E-state index contributed by atoms with van der Waals surface area (Å²) < 4.78 is 0. The predicted molar refractivity (Wildman–Crippen MR) is 62.0 cm³/mol. The number of pyridine rings is 1. The molecule has 0 aliphatic rings. The second-order valence-electron chi connectivity index (χ2n) is 3.31. The van der Waals surface area contributed by atoms with Crippen molar-refractivity contribution in [3.05, 3.63) is 28.6 Å². The monoisotopic (exact) mass is 219 g/mol. The highest BCUT2D eigenvalue weighted by atomic mass is 16.6. The number of nitrogens with zero attached hydrogens (tertiary/aromatic N) is 2. The molecule has 0 bridgehead atoms. The Morgan fingerprint density at radius 1 is 1.75 bits per heavy atom. The Kier molecular flexibility index (Phi) is 4.28. The summed E-state index contributed by atoms with van der Waals surface area (Å²) in [5, 5.41) is 13.8. The van der Waals surface area contributed by atoms with Gasteiger partial charge in [0.25, 0.3) is 0 Å². The molecule has 1 aromatic rings. The molecule has 16 heavy (non-hydrogen) atoms. The maximum atomic E-state index is 10.7. The topological polar surface area (TPSA) is 68.1 Å². The summed E-state index contributed by atoms with van der Waals surface area (Å²) in [4.78, 5) is 14.0. The van der Waals surface area contributed by atoms with Crippen LogP contribution in [0.4, 0.5) is 11.4 Å². The van der Waals surface area contributed by atoms with Crippen LogP contribution >= 0.6 is 0 Å². The van der Waals surface area contributed by atoms with E-state index >= 15 is 0 Å². The van der Waals surface area contributed by atoms with Crippen LogP contribution in [0.2, 0.25) is 0 Å². The molecule has 5 heteroatoms. The fraction of sp³-hybridized carbons (Fsp3) is 0.364. The Hall–Kier alpha value is -2.09. The highest BCUT2D eigenvalue weighted by Gasteiger charge is 2.15. The summed E-state index contributed by atoms with van der Waals surface area (Å²) in [7, 11) is 0. The van der Waals surface area contributed by atoms with Crippen molar-refractivity contribution in [1.29, 1.82) is 0 Å². The van der Waals surface area contributed by atoms with Gasteiger partial charge in [-0.05, 0) is 12.5 Å². The van der Waals surface area contributed by atoms with Gasteiger partial charge >= 0.3 is 5.69 Å². The number of nitro groups is 1. The smallest absolute Gasteiger partial charge is 0.310 e. The maximum absolute atomic E-state index is 10.7. The summed E-state index contributed by atoms with van der Waals surface area (Å²) >= 11 is 0. The van der Waals surface area contributed by atoms with Gasteiger partial charge in [-0.3, -0.25) is 15.1 Å². The van der Waals surface area contributed by atoms with Crippen LogP contribution < -0.4 is 5.32 Å². The molecule has 0 radical (unpaired) electrons. The van der Waals surface area contributed by atoms with Crippen molar-refractivity contribution in [2.45, 2.75) is 25.8 Å². The fourth-order valence-electron chi connectivity index (χ4n) is 1.31. The first-order valence-electron chi connectivity index (χ1n) is 4.97. The highest BCUT2D eigenvalue weighted by Crippen LogP contribution is 2.23. The Labute approximate surface area is 94.0 Å². The number of hydrogen-bond donors (Lipinski definition) is 1. The summed E-state index contributed by atoms with van der Waals surface area (Å²) in [5.74, 6) is 2.54. The molecule has 1 atom stereocenters. The van der Waals surface area contributed by atoms with E-state index in [1.165, 1.54) is 12.4 Å². The lowest BCUT2D eigenvalue weighted by Gasteiger charge is -2.15. The van der Waals surface area contributed by atoms with Crippen LogP contribution in [0, 0.1) is 22.5 Å². The number of terminal acetylenes is 1. The van der Waals surface area contributed by atoms with Gasteiger partial charge in [-0.15, -0.1) is 12.3 Å². The summed E-state index contributed by atoms with van der Waals surface area (Å²) in [6, 6.07) is 1.63. The van der Waals surface area contributed by atoms with Crippen LogP contribution in [-0.4, -0.2) is 15.9 Å². The first kappa shape index (κ1) is 12.0. The molecule has 1 rings (SSSR count). The largest absolute Gasteiger partial charge is 0.376 e. The SMILES string of the molecule is C#CCC(CC)Nc1ccncc1[N+](=O)[O-]. The number of rotatable bonds is 5. The van der Waals surface area contributed by atoms with E-state index in [0.29, 0.717) is 12.1 Å². The van der Waals surface area contributed by atoms with Crippen molar-refractivity contribution >= 4 is 11.4 Å². The van der Waals surface area contributed by atoms with Gasteiger partial charge in [-0.2, -0.15) is 0 Å². The molecule has 0 aliphatic carbocycles. The highest BCUT2D eigenvalue weighted by molar-refractivity contribution is 5.60. The molecule has 1 heterocycles. The quantitative estimate of drug-likeness (QED) is 0.468. The molecular formula is C11H13N3O2. The van der Waals surface area contributed by atoms with Crippen molar-refractivity contribution in [2.75, 3.05) is 5.32 Å². The van der Waals surface area contributed by atoms with E-state index in [0.717, 1.165) is 6.42 Å². The van der Waals surface area contributed by atoms with Crippen molar-refractivity contribution in [3.63, 3.8) is 0 Å². The third-order valence-corrected chi connectivity index (χ3v) is 2.21. The molecule has 0 amide bonds. The first-order valence-corrected chi connectivity index (χ1v) is 4.97.